The van der Waals surface area contributed by atoms with Crippen LogP contribution in [0.2, 0.25) is 5.02 Å². The van der Waals surface area contributed by atoms with Crippen LogP contribution in [0.5, 0.6) is 0 Å². The highest BCUT2D eigenvalue weighted by molar-refractivity contribution is 6.33. The maximum Gasteiger partial charge on any atom is 0.255 e. The van der Waals surface area contributed by atoms with Gasteiger partial charge in [-0.3, -0.25) is 4.79 Å². The van der Waals surface area contributed by atoms with Gasteiger partial charge in [0.25, 0.3) is 5.91 Å². The number of aromatic nitrogens is 1. The third-order valence-electron chi connectivity index (χ3n) is 2.36. The van der Waals surface area contributed by atoms with E-state index < -0.39 is 5.60 Å². The van der Waals surface area contributed by atoms with Crippen molar-refractivity contribution in [3.8, 4) is 0 Å². The molecule has 0 saturated carbocycles. The summed E-state index contributed by atoms with van der Waals surface area (Å²) in [7, 11) is 0. The van der Waals surface area contributed by atoms with Gasteiger partial charge in [-0.05, 0) is 26.8 Å². The molecule has 0 aromatic carbocycles. The summed E-state index contributed by atoms with van der Waals surface area (Å²) in [5.41, 5.74) is 4.90. The van der Waals surface area contributed by atoms with Gasteiger partial charge >= 0.3 is 0 Å². The minimum Gasteiger partial charge on any atom is -0.389 e. The predicted octanol–water partition coefficient (Wildman–Crippen LogP) is 1.55. The number of likely N-dealkylation sites (N-methyl/N-ethyl adjacent to an activating group) is 1. The molecule has 0 unspecified atom stereocenters. The van der Waals surface area contributed by atoms with Crippen LogP contribution in [0.15, 0.2) is 12.3 Å². The van der Waals surface area contributed by atoms with E-state index in [4.69, 9.17) is 17.3 Å². The Morgan fingerprint density at radius 3 is 2.67 bits per heavy atom. The summed E-state index contributed by atoms with van der Waals surface area (Å²) in [4.78, 5) is 17.6. The van der Waals surface area contributed by atoms with Crippen molar-refractivity contribution < 1.29 is 9.90 Å². The van der Waals surface area contributed by atoms with Gasteiger partial charge in [-0.1, -0.05) is 11.6 Å². The molecule has 0 spiro atoms. The van der Waals surface area contributed by atoms with Crippen molar-refractivity contribution in [1.29, 1.82) is 0 Å². The number of anilines is 1. The van der Waals surface area contributed by atoms with Gasteiger partial charge in [0.15, 0.2) is 0 Å². The van der Waals surface area contributed by atoms with Crippen LogP contribution in [0.1, 0.15) is 31.1 Å². The molecule has 6 heteroatoms. The van der Waals surface area contributed by atoms with E-state index in [2.05, 4.69) is 4.98 Å². The van der Waals surface area contributed by atoms with Gasteiger partial charge in [-0.15, -0.1) is 0 Å². The molecule has 0 aliphatic heterocycles. The maximum atomic E-state index is 12.2. The first-order valence-electron chi connectivity index (χ1n) is 5.67. The average Bonchev–Trinajstić information content (AvgIpc) is 2.27. The summed E-state index contributed by atoms with van der Waals surface area (Å²) in [6.07, 6.45) is 1.39. The Balaban J connectivity index is 2.93. The number of halogens is 1. The molecule has 0 saturated heterocycles. The summed E-state index contributed by atoms with van der Waals surface area (Å²) in [6.45, 7) is 5.87. The minimum absolute atomic E-state index is 0.193. The summed E-state index contributed by atoms with van der Waals surface area (Å²) < 4.78 is 0. The number of amides is 1. The predicted molar refractivity (Wildman–Crippen MR) is 71.5 cm³/mol. The van der Waals surface area contributed by atoms with E-state index in [1.54, 1.807) is 13.8 Å². The lowest BCUT2D eigenvalue weighted by molar-refractivity contribution is 0.0314. The summed E-state index contributed by atoms with van der Waals surface area (Å²) in [5, 5.41) is 10.0. The van der Waals surface area contributed by atoms with Crippen LogP contribution in [-0.2, 0) is 0 Å². The number of hydrogen-bond acceptors (Lipinski definition) is 4. The standard InChI is InChI=1S/C12H18ClN3O2/c1-4-16(7-12(2,3)18)11(17)8-5-9(13)10(14)15-6-8/h5-6,18H,4,7H2,1-3H3,(H2,14,15). The van der Waals surface area contributed by atoms with E-state index in [1.165, 1.54) is 17.2 Å². The Hall–Kier alpha value is -1.33. The van der Waals surface area contributed by atoms with Crippen LogP contribution in [0, 0.1) is 0 Å². The number of carbonyl (C=O) groups is 1. The zero-order valence-corrected chi connectivity index (χ0v) is 11.5. The maximum absolute atomic E-state index is 12.2. The molecular weight excluding hydrogens is 254 g/mol. The molecule has 1 aromatic heterocycles. The molecular formula is C12H18ClN3O2. The van der Waals surface area contributed by atoms with Gasteiger partial charge in [-0.25, -0.2) is 4.98 Å². The Morgan fingerprint density at radius 1 is 1.61 bits per heavy atom. The van der Waals surface area contributed by atoms with Crippen LogP contribution in [0.25, 0.3) is 0 Å². The number of pyridine rings is 1. The average molecular weight is 272 g/mol. The van der Waals surface area contributed by atoms with E-state index >= 15 is 0 Å². The topological polar surface area (TPSA) is 79.5 Å². The van der Waals surface area contributed by atoms with Gasteiger partial charge in [0.05, 0.1) is 16.2 Å². The molecule has 1 aromatic rings. The molecule has 0 bridgehead atoms. The highest BCUT2D eigenvalue weighted by Gasteiger charge is 2.22. The Labute approximate surface area is 112 Å². The molecule has 1 heterocycles. The quantitative estimate of drug-likeness (QED) is 0.871. The first-order valence-corrected chi connectivity index (χ1v) is 6.05. The van der Waals surface area contributed by atoms with Crippen molar-refractivity contribution in [2.24, 2.45) is 0 Å². The van der Waals surface area contributed by atoms with Gasteiger partial charge in [0.1, 0.15) is 5.82 Å². The molecule has 0 fully saturated rings. The van der Waals surface area contributed by atoms with Gasteiger partial charge in [0.2, 0.25) is 0 Å². The van der Waals surface area contributed by atoms with Crippen LogP contribution in [0.3, 0.4) is 0 Å². The van der Waals surface area contributed by atoms with Crippen LogP contribution in [-0.4, -0.2) is 39.6 Å². The minimum atomic E-state index is -0.948. The van der Waals surface area contributed by atoms with Crippen molar-refractivity contribution in [2.75, 3.05) is 18.8 Å². The second kappa shape index (κ2) is 5.54. The van der Waals surface area contributed by atoms with Gasteiger partial charge < -0.3 is 15.7 Å². The fourth-order valence-corrected chi connectivity index (χ4v) is 1.71. The van der Waals surface area contributed by atoms with Crippen LogP contribution >= 0.6 is 11.6 Å². The fraction of sp³-hybridized carbons (Fsp3) is 0.500. The molecule has 0 aliphatic carbocycles. The van der Waals surface area contributed by atoms with Crippen molar-refractivity contribution >= 4 is 23.3 Å². The third-order valence-corrected chi connectivity index (χ3v) is 2.67. The first kappa shape index (κ1) is 14.7. The second-order valence-corrected chi connectivity index (χ2v) is 5.13. The van der Waals surface area contributed by atoms with Crippen molar-refractivity contribution in [3.63, 3.8) is 0 Å². The van der Waals surface area contributed by atoms with Crippen molar-refractivity contribution in [3.05, 3.63) is 22.8 Å². The van der Waals surface area contributed by atoms with Gasteiger partial charge in [-0.2, -0.15) is 0 Å². The largest absolute Gasteiger partial charge is 0.389 e. The molecule has 100 valence electrons. The SMILES string of the molecule is CCN(CC(C)(C)O)C(=O)c1cnc(N)c(Cl)c1. The Morgan fingerprint density at radius 2 is 2.22 bits per heavy atom. The van der Waals surface area contributed by atoms with Crippen LogP contribution < -0.4 is 5.73 Å². The molecule has 0 radical (unpaired) electrons. The number of nitrogen functional groups attached to an aromatic ring is 1. The smallest absolute Gasteiger partial charge is 0.255 e. The van der Waals surface area contributed by atoms with E-state index in [9.17, 15) is 9.90 Å². The highest BCUT2D eigenvalue weighted by atomic mass is 35.5. The zero-order valence-electron chi connectivity index (χ0n) is 10.8. The molecule has 1 amide bonds. The number of nitrogens with two attached hydrogens (primary N) is 1. The first-order chi connectivity index (χ1) is 8.24. The monoisotopic (exact) mass is 271 g/mol. The van der Waals surface area contributed by atoms with E-state index in [0.717, 1.165) is 0 Å². The number of nitrogens with zero attached hydrogens (tertiary/aromatic N) is 2. The molecule has 5 nitrogen and oxygen atoms in total. The lowest BCUT2D eigenvalue weighted by Gasteiger charge is -2.28. The molecule has 18 heavy (non-hydrogen) atoms. The number of hydrogen-bond donors (Lipinski definition) is 2. The van der Waals surface area contributed by atoms with E-state index in [-0.39, 0.29) is 23.3 Å². The number of carbonyl (C=O) groups excluding carboxylic acids is 1. The van der Waals surface area contributed by atoms with Crippen LogP contribution in [0.4, 0.5) is 5.82 Å². The molecule has 3 N–H and O–H groups in total. The molecule has 0 aliphatic rings. The lowest BCUT2D eigenvalue weighted by Crippen LogP contribution is -2.42. The Kier molecular flexibility index (Phi) is 4.53. The van der Waals surface area contributed by atoms with E-state index in [1.807, 2.05) is 6.92 Å². The van der Waals surface area contributed by atoms with Gasteiger partial charge in [0, 0.05) is 19.3 Å². The number of rotatable bonds is 4. The summed E-state index contributed by atoms with van der Waals surface area (Å²) in [6, 6.07) is 1.49. The van der Waals surface area contributed by atoms with Crippen molar-refractivity contribution in [2.45, 2.75) is 26.4 Å². The molecule has 1 rings (SSSR count). The zero-order chi connectivity index (χ0) is 13.9. The second-order valence-electron chi connectivity index (χ2n) is 4.72. The normalized spacial score (nSPS) is 11.4. The summed E-state index contributed by atoms with van der Waals surface area (Å²) in [5.74, 6) is -0.0345. The van der Waals surface area contributed by atoms with E-state index in [0.29, 0.717) is 12.1 Å². The summed E-state index contributed by atoms with van der Waals surface area (Å²) >= 11 is 5.83. The molecule has 0 atom stereocenters. The third kappa shape index (κ3) is 3.85. The van der Waals surface area contributed by atoms with Crippen molar-refractivity contribution in [1.82, 2.24) is 9.88 Å². The Bertz CT molecular complexity index is 443. The number of aliphatic hydroxyl groups is 1. The lowest BCUT2D eigenvalue weighted by atomic mass is 10.1. The highest BCUT2D eigenvalue weighted by Crippen LogP contribution is 2.18. The fourth-order valence-electron chi connectivity index (χ4n) is 1.54.